The van der Waals surface area contributed by atoms with Crippen molar-refractivity contribution in [2.75, 3.05) is 16.4 Å². The molecule has 0 radical (unpaired) electrons. The van der Waals surface area contributed by atoms with Crippen LogP contribution in [-0.2, 0) is 23.1 Å². The normalized spacial score (nSPS) is 10.6. The number of benzene rings is 2. The first-order valence-electron chi connectivity index (χ1n) is 9.66. The maximum atomic E-state index is 12.4. The average Bonchev–Trinajstić information content (AvgIpc) is 3.08. The Morgan fingerprint density at radius 3 is 2.33 bits per heavy atom. The van der Waals surface area contributed by atoms with E-state index in [9.17, 15) is 9.59 Å². The van der Waals surface area contributed by atoms with E-state index in [4.69, 9.17) is 0 Å². The molecule has 0 spiro atoms. The van der Waals surface area contributed by atoms with Crippen molar-refractivity contribution in [2.45, 2.75) is 31.8 Å². The van der Waals surface area contributed by atoms with Crippen molar-refractivity contribution in [3.8, 4) is 0 Å². The number of para-hydroxylation sites is 2. The molecule has 0 saturated heterocycles. The van der Waals surface area contributed by atoms with E-state index in [1.165, 1.54) is 11.8 Å². The molecular weight excluding hydrogens is 398 g/mol. The molecule has 1 heterocycles. The summed E-state index contributed by atoms with van der Waals surface area (Å²) in [5.74, 6) is 0.764. The van der Waals surface area contributed by atoms with Gasteiger partial charge in [-0.05, 0) is 37.1 Å². The lowest BCUT2D eigenvalue weighted by molar-refractivity contribution is -0.116. The van der Waals surface area contributed by atoms with Crippen LogP contribution in [0.1, 0.15) is 23.4 Å². The maximum Gasteiger partial charge on any atom is 0.234 e. The summed E-state index contributed by atoms with van der Waals surface area (Å²) >= 11 is 1.32. The van der Waals surface area contributed by atoms with E-state index in [0.29, 0.717) is 23.8 Å². The van der Waals surface area contributed by atoms with Crippen molar-refractivity contribution in [3.63, 3.8) is 0 Å². The molecule has 0 bridgehead atoms. The summed E-state index contributed by atoms with van der Waals surface area (Å²) in [6, 6.07) is 15.2. The second-order valence-corrected chi connectivity index (χ2v) is 7.92. The van der Waals surface area contributed by atoms with E-state index in [1.807, 2.05) is 74.0 Å². The number of hydrogen-bond donors (Lipinski definition) is 2. The summed E-state index contributed by atoms with van der Waals surface area (Å²) in [6.45, 7) is 3.94. The minimum absolute atomic E-state index is 0.0774. The van der Waals surface area contributed by atoms with E-state index in [2.05, 4.69) is 20.8 Å². The molecule has 3 aromatic rings. The highest BCUT2D eigenvalue weighted by atomic mass is 32.2. The highest BCUT2D eigenvalue weighted by molar-refractivity contribution is 7.99. The first kappa shape index (κ1) is 21.6. The summed E-state index contributed by atoms with van der Waals surface area (Å²) in [5, 5.41) is 14.8. The molecule has 0 aliphatic rings. The predicted molar refractivity (Wildman–Crippen MR) is 120 cm³/mol. The number of aromatic nitrogens is 3. The molecule has 2 N–H and O–H groups in total. The molecule has 7 nitrogen and oxygen atoms in total. The largest absolute Gasteiger partial charge is 0.326 e. The van der Waals surface area contributed by atoms with Gasteiger partial charge in [-0.3, -0.25) is 9.59 Å². The van der Waals surface area contributed by atoms with E-state index in [1.54, 1.807) is 0 Å². The lowest BCUT2D eigenvalue weighted by Crippen LogP contribution is -2.16. The predicted octanol–water partition coefficient (Wildman–Crippen LogP) is 3.73. The molecule has 30 heavy (non-hydrogen) atoms. The number of amides is 2. The summed E-state index contributed by atoms with van der Waals surface area (Å²) in [5.41, 5.74) is 3.68. The minimum atomic E-state index is -0.0933. The van der Waals surface area contributed by atoms with E-state index in [-0.39, 0.29) is 17.6 Å². The first-order valence-corrected chi connectivity index (χ1v) is 10.6. The second-order valence-electron chi connectivity index (χ2n) is 6.98. The van der Waals surface area contributed by atoms with E-state index < -0.39 is 0 Å². The smallest absolute Gasteiger partial charge is 0.234 e. The Labute approximate surface area is 180 Å². The Morgan fingerprint density at radius 1 is 0.933 bits per heavy atom. The highest BCUT2D eigenvalue weighted by Crippen LogP contribution is 2.21. The van der Waals surface area contributed by atoms with Gasteiger partial charge in [-0.15, -0.1) is 10.2 Å². The van der Waals surface area contributed by atoms with Gasteiger partial charge in [0.05, 0.1) is 5.75 Å². The zero-order valence-corrected chi connectivity index (χ0v) is 18.1. The van der Waals surface area contributed by atoms with Crippen molar-refractivity contribution >= 4 is 35.0 Å². The number of thioether (sulfide) groups is 1. The van der Waals surface area contributed by atoms with Gasteiger partial charge in [0, 0.05) is 31.3 Å². The number of rotatable bonds is 8. The third-order valence-corrected chi connectivity index (χ3v) is 5.66. The monoisotopic (exact) mass is 423 g/mol. The summed E-state index contributed by atoms with van der Waals surface area (Å²) in [7, 11) is 1.84. The van der Waals surface area contributed by atoms with Gasteiger partial charge in [0.25, 0.3) is 0 Å². The Kier molecular flexibility index (Phi) is 7.24. The fourth-order valence-corrected chi connectivity index (χ4v) is 3.71. The maximum absolute atomic E-state index is 12.4. The van der Waals surface area contributed by atoms with Crippen LogP contribution in [0.15, 0.2) is 53.7 Å². The van der Waals surface area contributed by atoms with Crippen LogP contribution in [0.4, 0.5) is 11.4 Å². The zero-order chi connectivity index (χ0) is 21.5. The number of nitrogens with one attached hydrogen (secondary N) is 2. The SMILES string of the molecule is Cc1cccc(C)c1NC(=O)CSc1nnc(CCC(=O)Nc2ccccc2)n1C. The fourth-order valence-electron chi connectivity index (χ4n) is 2.98. The van der Waals surface area contributed by atoms with Gasteiger partial charge < -0.3 is 15.2 Å². The van der Waals surface area contributed by atoms with Crippen molar-refractivity contribution in [1.29, 1.82) is 0 Å². The summed E-state index contributed by atoms with van der Waals surface area (Å²) in [4.78, 5) is 24.5. The van der Waals surface area contributed by atoms with Gasteiger partial charge in [0.1, 0.15) is 5.82 Å². The third-order valence-electron chi connectivity index (χ3n) is 4.64. The number of nitrogens with zero attached hydrogens (tertiary/aromatic N) is 3. The summed E-state index contributed by atoms with van der Waals surface area (Å²) < 4.78 is 1.83. The van der Waals surface area contributed by atoms with Crippen LogP contribution in [0.3, 0.4) is 0 Å². The molecule has 0 aliphatic heterocycles. The molecule has 8 heteroatoms. The lowest BCUT2D eigenvalue weighted by atomic mass is 10.1. The number of aryl methyl sites for hydroxylation is 3. The van der Waals surface area contributed by atoms with Crippen LogP contribution in [0.5, 0.6) is 0 Å². The standard InChI is InChI=1S/C22H25N5O2S/c1-15-8-7-9-16(2)21(15)24-20(29)14-30-22-26-25-18(27(22)3)12-13-19(28)23-17-10-5-4-6-11-17/h4-11H,12-14H2,1-3H3,(H,23,28)(H,24,29). The van der Waals surface area contributed by atoms with Gasteiger partial charge >= 0.3 is 0 Å². The van der Waals surface area contributed by atoms with Crippen LogP contribution in [0.25, 0.3) is 0 Å². The van der Waals surface area contributed by atoms with E-state index in [0.717, 1.165) is 22.5 Å². The molecule has 0 unspecified atom stereocenters. The van der Waals surface area contributed by atoms with Crippen LogP contribution >= 0.6 is 11.8 Å². The fraction of sp³-hybridized carbons (Fsp3) is 0.273. The molecule has 0 atom stereocenters. The number of carbonyl (C=O) groups is 2. The van der Waals surface area contributed by atoms with Gasteiger partial charge in [-0.1, -0.05) is 48.2 Å². The lowest BCUT2D eigenvalue weighted by Gasteiger charge is -2.11. The quantitative estimate of drug-likeness (QED) is 0.539. The minimum Gasteiger partial charge on any atom is -0.326 e. The Hall–Kier alpha value is -3.13. The van der Waals surface area contributed by atoms with Crippen LogP contribution < -0.4 is 10.6 Å². The molecule has 3 rings (SSSR count). The zero-order valence-electron chi connectivity index (χ0n) is 17.3. The number of hydrogen-bond acceptors (Lipinski definition) is 5. The van der Waals surface area contributed by atoms with Crippen molar-refractivity contribution in [1.82, 2.24) is 14.8 Å². The Balaban J connectivity index is 1.50. The molecule has 156 valence electrons. The third kappa shape index (κ3) is 5.70. The van der Waals surface area contributed by atoms with Crippen molar-refractivity contribution in [2.24, 2.45) is 7.05 Å². The molecule has 2 amide bonds. The van der Waals surface area contributed by atoms with Crippen LogP contribution in [-0.4, -0.2) is 32.3 Å². The number of carbonyl (C=O) groups excluding carboxylic acids is 2. The van der Waals surface area contributed by atoms with Gasteiger partial charge in [0.15, 0.2) is 5.16 Å². The van der Waals surface area contributed by atoms with Crippen LogP contribution in [0.2, 0.25) is 0 Å². The van der Waals surface area contributed by atoms with Crippen molar-refractivity contribution < 1.29 is 9.59 Å². The van der Waals surface area contributed by atoms with E-state index >= 15 is 0 Å². The van der Waals surface area contributed by atoms with Gasteiger partial charge in [-0.2, -0.15) is 0 Å². The van der Waals surface area contributed by atoms with Gasteiger partial charge in [-0.25, -0.2) is 0 Å². The second kappa shape index (κ2) is 10.1. The molecule has 1 aromatic heterocycles. The summed E-state index contributed by atoms with van der Waals surface area (Å²) in [6.07, 6.45) is 0.774. The molecule has 2 aromatic carbocycles. The molecule has 0 saturated carbocycles. The molecular formula is C22H25N5O2S. The molecule has 0 aliphatic carbocycles. The molecule has 0 fully saturated rings. The Morgan fingerprint density at radius 2 is 1.63 bits per heavy atom. The average molecular weight is 424 g/mol. The van der Waals surface area contributed by atoms with Crippen molar-refractivity contribution in [3.05, 3.63) is 65.5 Å². The topological polar surface area (TPSA) is 88.9 Å². The van der Waals surface area contributed by atoms with Gasteiger partial charge in [0.2, 0.25) is 11.8 Å². The number of anilines is 2. The highest BCUT2D eigenvalue weighted by Gasteiger charge is 2.14. The Bertz CT molecular complexity index is 1010. The van der Waals surface area contributed by atoms with Crippen LogP contribution in [0, 0.1) is 13.8 Å². The first-order chi connectivity index (χ1) is 14.4.